The second-order valence-corrected chi connectivity index (χ2v) is 4.19. The van der Waals surface area contributed by atoms with Crippen LogP contribution in [0.1, 0.15) is 10.4 Å². The summed E-state index contributed by atoms with van der Waals surface area (Å²) in [6, 6.07) is 13.1. The van der Waals surface area contributed by atoms with Crippen molar-refractivity contribution in [1.29, 1.82) is 0 Å². The van der Waals surface area contributed by atoms with Crippen LogP contribution in [-0.2, 0) is 4.79 Å². The fourth-order valence-corrected chi connectivity index (χ4v) is 1.68. The van der Waals surface area contributed by atoms with Gasteiger partial charge in [0.2, 0.25) is 0 Å². The van der Waals surface area contributed by atoms with E-state index >= 15 is 0 Å². The smallest absolute Gasteiger partial charge is 0.343 e. The molecule has 0 N–H and O–H groups in total. The average molecular weight is 298 g/mol. The maximum atomic E-state index is 12.1. The van der Waals surface area contributed by atoms with Gasteiger partial charge < -0.3 is 14.2 Å². The Morgan fingerprint density at radius 1 is 1.00 bits per heavy atom. The fraction of sp³-hybridized carbons (Fsp3) is 0.0588. The van der Waals surface area contributed by atoms with Crippen LogP contribution in [0, 0.1) is 0 Å². The number of hydrogen-bond acceptors (Lipinski definition) is 5. The van der Waals surface area contributed by atoms with Crippen molar-refractivity contribution in [1.82, 2.24) is 0 Å². The first-order valence-electron chi connectivity index (χ1n) is 6.43. The average Bonchev–Trinajstić information content (AvgIpc) is 2.55. The summed E-state index contributed by atoms with van der Waals surface area (Å²) in [4.78, 5) is 23.3. The van der Waals surface area contributed by atoms with Crippen molar-refractivity contribution in [3.63, 3.8) is 0 Å². The van der Waals surface area contributed by atoms with Crippen LogP contribution in [0.4, 0.5) is 0 Å². The molecule has 0 heterocycles. The fourth-order valence-electron chi connectivity index (χ4n) is 1.68. The van der Waals surface area contributed by atoms with E-state index in [2.05, 4.69) is 6.58 Å². The highest BCUT2D eigenvalue weighted by Crippen LogP contribution is 2.28. The Bertz CT molecular complexity index is 691. The van der Waals surface area contributed by atoms with Gasteiger partial charge in [0.15, 0.2) is 11.5 Å². The monoisotopic (exact) mass is 298 g/mol. The Balaban J connectivity index is 2.19. The zero-order chi connectivity index (χ0) is 15.9. The number of para-hydroxylation sites is 1. The van der Waals surface area contributed by atoms with Gasteiger partial charge in [-0.3, -0.25) is 0 Å². The highest BCUT2D eigenvalue weighted by molar-refractivity contribution is 5.92. The highest BCUT2D eigenvalue weighted by Gasteiger charge is 2.14. The number of esters is 2. The lowest BCUT2D eigenvalue weighted by molar-refractivity contribution is -0.129. The Morgan fingerprint density at radius 2 is 1.73 bits per heavy atom. The van der Waals surface area contributed by atoms with Gasteiger partial charge in [-0.15, -0.1) is 0 Å². The van der Waals surface area contributed by atoms with Crippen molar-refractivity contribution in [2.24, 2.45) is 0 Å². The summed E-state index contributed by atoms with van der Waals surface area (Å²) in [5.41, 5.74) is 0.277. The number of ether oxygens (including phenoxy) is 3. The Morgan fingerprint density at radius 3 is 2.36 bits per heavy atom. The molecule has 0 aliphatic heterocycles. The van der Waals surface area contributed by atoms with Gasteiger partial charge in [-0.2, -0.15) is 0 Å². The lowest BCUT2D eigenvalue weighted by Crippen LogP contribution is -2.10. The van der Waals surface area contributed by atoms with Crippen molar-refractivity contribution in [2.75, 3.05) is 7.11 Å². The topological polar surface area (TPSA) is 61.8 Å². The predicted octanol–water partition coefficient (Wildman–Crippen LogP) is 3.01. The molecular formula is C17H14O5. The Kier molecular flexibility index (Phi) is 4.93. The molecule has 2 rings (SSSR count). The second kappa shape index (κ2) is 7.08. The maximum absolute atomic E-state index is 12.1. The molecule has 0 aliphatic rings. The summed E-state index contributed by atoms with van der Waals surface area (Å²) in [6.45, 7) is 3.32. The normalized spacial score (nSPS) is 9.68. The van der Waals surface area contributed by atoms with Crippen LogP contribution >= 0.6 is 0 Å². The van der Waals surface area contributed by atoms with E-state index in [1.54, 1.807) is 24.3 Å². The van der Waals surface area contributed by atoms with Gasteiger partial charge in [-0.25, -0.2) is 9.59 Å². The zero-order valence-corrected chi connectivity index (χ0v) is 11.9. The third-order valence-corrected chi connectivity index (χ3v) is 2.73. The molecule has 5 heteroatoms. The van der Waals surface area contributed by atoms with Gasteiger partial charge in [0.25, 0.3) is 0 Å². The summed E-state index contributed by atoms with van der Waals surface area (Å²) in [5, 5.41) is 0. The number of methoxy groups -OCH3 is 1. The minimum atomic E-state index is -0.613. The second-order valence-electron chi connectivity index (χ2n) is 4.19. The van der Waals surface area contributed by atoms with E-state index in [9.17, 15) is 9.59 Å². The summed E-state index contributed by atoms with van der Waals surface area (Å²) in [6.07, 6.45) is 1.04. The molecule has 0 spiro atoms. The van der Waals surface area contributed by atoms with E-state index in [1.165, 1.54) is 25.3 Å². The molecule has 0 amide bonds. The molecule has 0 aliphatic carbocycles. The van der Waals surface area contributed by atoms with Gasteiger partial charge in [0.05, 0.1) is 12.7 Å². The van der Waals surface area contributed by atoms with Crippen molar-refractivity contribution >= 4 is 11.9 Å². The maximum Gasteiger partial charge on any atom is 0.343 e. The van der Waals surface area contributed by atoms with Crippen molar-refractivity contribution in [2.45, 2.75) is 0 Å². The third-order valence-electron chi connectivity index (χ3n) is 2.73. The van der Waals surface area contributed by atoms with Gasteiger partial charge in [-0.05, 0) is 30.3 Å². The Labute approximate surface area is 127 Å². The molecule has 5 nitrogen and oxygen atoms in total. The van der Waals surface area contributed by atoms with Crippen LogP contribution in [0.3, 0.4) is 0 Å². The van der Waals surface area contributed by atoms with Crippen LogP contribution < -0.4 is 14.2 Å². The summed E-state index contributed by atoms with van der Waals surface area (Å²) in [5.74, 6) is -0.265. The first kappa shape index (κ1) is 15.3. The molecule has 0 saturated heterocycles. The summed E-state index contributed by atoms with van der Waals surface area (Å²) >= 11 is 0. The largest absolute Gasteiger partial charge is 0.493 e. The van der Waals surface area contributed by atoms with Crippen LogP contribution in [0.25, 0.3) is 0 Å². The molecule has 2 aromatic rings. The molecule has 0 unspecified atom stereocenters. The van der Waals surface area contributed by atoms with Crippen LogP contribution in [0.2, 0.25) is 0 Å². The van der Waals surface area contributed by atoms with Crippen molar-refractivity contribution in [3.8, 4) is 17.2 Å². The van der Waals surface area contributed by atoms with E-state index in [0.717, 1.165) is 6.08 Å². The van der Waals surface area contributed by atoms with Gasteiger partial charge >= 0.3 is 11.9 Å². The molecule has 0 fully saturated rings. The standard InChI is InChI=1S/C17H14O5/c1-3-16(18)22-14-10-9-12(11-15(14)20-2)17(19)21-13-7-5-4-6-8-13/h3-11H,1H2,2H3. The van der Waals surface area contributed by atoms with E-state index in [4.69, 9.17) is 14.2 Å². The van der Waals surface area contributed by atoms with Crippen LogP contribution in [0.15, 0.2) is 61.2 Å². The van der Waals surface area contributed by atoms with E-state index in [0.29, 0.717) is 5.75 Å². The quantitative estimate of drug-likeness (QED) is 0.482. The van der Waals surface area contributed by atoms with Crippen molar-refractivity contribution < 1.29 is 23.8 Å². The number of hydrogen-bond donors (Lipinski definition) is 0. The van der Waals surface area contributed by atoms with E-state index < -0.39 is 11.9 Å². The lowest BCUT2D eigenvalue weighted by Gasteiger charge is -2.10. The third kappa shape index (κ3) is 3.73. The minimum absolute atomic E-state index is 0.198. The Hall–Kier alpha value is -3.08. The molecule has 0 radical (unpaired) electrons. The molecule has 0 bridgehead atoms. The van der Waals surface area contributed by atoms with Crippen LogP contribution in [-0.4, -0.2) is 19.0 Å². The molecular weight excluding hydrogens is 284 g/mol. The first-order valence-corrected chi connectivity index (χ1v) is 6.43. The molecule has 112 valence electrons. The number of rotatable bonds is 5. The predicted molar refractivity (Wildman–Crippen MR) is 80.2 cm³/mol. The first-order chi connectivity index (χ1) is 10.6. The molecule has 0 aromatic heterocycles. The van der Waals surface area contributed by atoms with Gasteiger partial charge in [0.1, 0.15) is 5.75 Å². The van der Waals surface area contributed by atoms with Gasteiger partial charge in [-0.1, -0.05) is 24.8 Å². The molecule has 0 saturated carbocycles. The molecule has 22 heavy (non-hydrogen) atoms. The van der Waals surface area contributed by atoms with Crippen molar-refractivity contribution in [3.05, 3.63) is 66.7 Å². The SMILES string of the molecule is C=CC(=O)Oc1ccc(C(=O)Oc2ccccc2)cc1OC. The van der Waals surface area contributed by atoms with E-state index in [1.807, 2.05) is 6.07 Å². The minimum Gasteiger partial charge on any atom is -0.493 e. The number of benzene rings is 2. The van der Waals surface area contributed by atoms with E-state index in [-0.39, 0.29) is 17.1 Å². The van der Waals surface area contributed by atoms with Crippen LogP contribution in [0.5, 0.6) is 17.2 Å². The summed E-state index contributed by atoms with van der Waals surface area (Å²) < 4.78 is 15.3. The lowest BCUT2D eigenvalue weighted by atomic mass is 10.2. The molecule has 0 atom stereocenters. The number of carbonyl (C=O) groups excluding carboxylic acids is 2. The number of carbonyl (C=O) groups is 2. The summed E-state index contributed by atoms with van der Waals surface area (Å²) in [7, 11) is 1.41. The van der Waals surface area contributed by atoms with Gasteiger partial charge in [0, 0.05) is 6.08 Å². The zero-order valence-electron chi connectivity index (χ0n) is 11.9. The highest BCUT2D eigenvalue weighted by atomic mass is 16.6. The molecule has 2 aromatic carbocycles.